The Hall–Kier alpha value is 0.310. The molecule has 1 N–H and O–H groups in total. The lowest BCUT2D eigenvalue weighted by Crippen LogP contribution is -2.24. The highest BCUT2D eigenvalue weighted by molar-refractivity contribution is 7.99. The van der Waals surface area contributed by atoms with Crippen molar-refractivity contribution in [3.05, 3.63) is 0 Å². The SMILES string of the molecule is CCSCCCNCC1(CC)CC1. The van der Waals surface area contributed by atoms with Crippen LogP contribution in [-0.4, -0.2) is 24.6 Å². The Kier molecular flexibility index (Phi) is 5.18. The molecule has 0 atom stereocenters. The minimum absolute atomic E-state index is 0.720. The fourth-order valence-corrected chi connectivity index (χ4v) is 2.27. The summed E-state index contributed by atoms with van der Waals surface area (Å²) in [6.45, 7) is 7.03. The summed E-state index contributed by atoms with van der Waals surface area (Å²) >= 11 is 2.05. The summed E-state index contributed by atoms with van der Waals surface area (Å²) in [5.74, 6) is 2.58. The van der Waals surface area contributed by atoms with Crippen LogP contribution in [0.15, 0.2) is 0 Å². The van der Waals surface area contributed by atoms with Gasteiger partial charge in [0.15, 0.2) is 0 Å². The first kappa shape index (κ1) is 11.4. The Morgan fingerprint density at radius 2 is 2.08 bits per heavy atom. The fourth-order valence-electron chi connectivity index (χ4n) is 1.63. The van der Waals surface area contributed by atoms with Crippen molar-refractivity contribution in [2.24, 2.45) is 5.41 Å². The average molecular weight is 201 g/mol. The highest BCUT2D eigenvalue weighted by atomic mass is 32.2. The first-order chi connectivity index (χ1) is 6.33. The highest BCUT2D eigenvalue weighted by Crippen LogP contribution is 2.47. The van der Waals surface area contributed by atoms with Crippen LogP contribution in [0.3, 0.4) is 0 Å². The molecule has 0 aromatic rings. The van der Waals surface area contributed by atoms with Crippen LogP contribution in [-0.2, 0) is 0 Å². The van der Waals surface area contributed by atoms with Crippen LogP contribution >= 0.6 is 11.8 Å². The summed E-state index contributed by atoms with van der Waals surface area (Å²) < 4.78 is 0. The largest absolute Gasteiger partial charge is 0.316 e. The van der Waals surface area contributed by atoms with Crippen molar-refractivity contribution in [2.45, 2.75) is 39.5 Å². The van der Waals surface area contributed by atoms with Gasteiger partial charge in [0.25, 0.3) is 0 Å². The predicted octanol–water partition coefficient (Wildman–Crippen LogP) is 2.91. The van der Waals surface area contributed by atoms with E-state index in [4.69, 9.17) is 0 Å². The molecule has 2 heteroatoms. The smallest absolute Gasteiger partial charge is 0.000772 e. The maximum atomic E-state index is 3.58. The molecule has 0 saturated heterocycles. The van der Waals surface area contributed by atoms with Gasteiger partial charge in [-0.1, -0.05) is 13.8 Å². The summed E-state index contributed by atoms with van der Waals surface area (Å²) in [5.41, 5.74) is 0.720. The summed E-state index contributed by atoms with van der Waals surface area (Å²) in [6.07, 6.45) is 5.61. The molecule has 0 bridgehead atoms. The zero-order valence-corrected chi connectivity index (χ0v) is 9.88. The molecular weight excluding hydrogens is 178 g/mol. The Bertz CT molecular complexity index is 132. The zero-order valence-electron chi connectivity index (χ0n) is 9.07. The number of nitrogens with one attached hydrogen (secondary N) is 1. The van der Waals surface area contributed by atoms with Crippen LogP contribution in [0.5, 0.6) is 0 Å². The Morgan fingerprint density at radius 1 is 1.31 bits per heavy atom. The van der Waals surface area contributed by atoms with Gasteiger partial charge in [-0.05, 0) is 49.1 Å². The molecule has 1 nitrogen and oxygen atoms in total. The summed E-state index contributed by atoms with van der Waals surface area (Å²) in [6, 6.07) is 0. The number of thioether (sulfide) groups is 1. The van der Waals surface area contributed by atoms with Gasteiger partial charge < -0.3 is 5.32 Å². The van der Waals surface area contributed by atoms with E-state index in [0.29, 0.717) is 0 Å². The van der Waals surface area contributed by atoms with E-state index in [0.717, 1.165) is 5.41 Å². The molecule has 78 valence electrons. The van der Waals surface area contributed by atoms with Gasteiger partial charge >= 0.3 is 0 Å². The molecule has 0 radical (unpaired) electrons. The minimum atomic E-state index is 0.720. The first-order valence-electron chi connectivity index (χ1n) is 5.61. The van der Waals surface area contributed by atoms with Crippen LogP contribution in [0.2, 0.25) is 0 Å². The maximum Gasteiger partial charge on any atom is 0.000772 e. The molecule has 0 heterocycles. The maximum absolute atomic E-state index is 3.58. The normalized spacial score (nSPS) is 18.9. The second-order valence-electron chi connectivity index (χ2n) is 4.08. The second kappa shape index (κ2) is 5.92. The predicted molar refractivity (Wildman–Crippen MR) is 62.4 cm³/mol. The van der Waals surface area contributed by atoms with Gasteiger partial charge in [0.2, 0.25) is 0 Å². The lowest BCUT2D eigenvalue weighted by atomic mass is 10.0. The summed E-state index contributed by atoms with van der Waals surface area (Å²) in [4.78, 5) is 0. The molecule has 1 fully saturated rings. The van der Waals surface area contributed by atoms with E-state index in [1.807, 2.05) is 11.8 Å². The van der Waals surface area contributed by atoms with E-state index in [2.05, 4.69) is 19.2 Å². The van der Waals surface area contributed by atoms with Crippen LogP contribution < -0.4 is 5.32 Å². The fraction of sp³-hybridized carbons (Fsp3) is 1.00. The molecule has 0 unspecified atom stereocenters. The monoisotopic (exact) mass is 201 g/mol. The van der Waals surface area contributed by atoms with Gasteiger partial charge in [-0.25, -0.2) is 0 Å². The van der Waals surface area contributed by atoms with E-state index in [-0.39, 0.29) is 0 Å². The molecule has 0 spiro atoms. The van der Waals surface area contributed by atoms with E-state index < -0.39 is 0 Å². The molecule has 1 aliphatic carbocycles. The Morgan fingerprint density at radius 3 is 2.62 bits per heavy atom. The average Bonchev–Trinajstić information content (AvgIpc) is 2.92. The van der Waals surface area contributed by atoms with Crippen molar-refractivity contribution in [3.63, 3.8) is 0 Å². The van der Waals surface area contributed by atoms with Gasteiger partial charge in [0.1, 0.15) is 0 Å². The van der Waals surface area contributed by atoms with Crippen LogP contribution in [0, 0.1) is 5.41 Å². The van der Waals surface area contributed by atoms with Gasteiger partial charge in [-0.2, -0.15) is 11.8 Å². The van der Waals surface area contributed by atoms with E-state index >= 15 is 0 Å². The quantitative estimate of drug-likeness (QED) is 0.606. The van der Waals surface area contributed by atoms with E-state index in [9.17, 15) is 0 Å². The van der Waals surface area contributed by atoms with Crippen molar-refractivity contribution in [2.75, 3.05) is 24.6 Å². The molecular formula is C11H23NS. The molecule has 1 saturated carbocycles. The van der Waals surface area contributed by atoms with Crippen LogP contribution in [0.1, 0.15) is 39.5 Å². The van der Waals surface area contributed by atoms with Crippen molar-refractivity contribution in [1.29, 1.82) is 0 Å². The van der Waals surface area contributed by atoms with Crippen molar-refractivity contribution in [3.8, 4) is 0 Å². The van der Waals surface area contributed by atoms with Crippen molar-refractivity contribution < 1.29 is 0 Å². The van der Waals surface area contributed by atoms with Gasteiger partial charge in [-0.15, -0.1) is 0 Å². The Balaban J connectivity index is 1.84. The Labute approximate surface area is 87.1 Å². The molecule has 1 rings (SSSR count). The standard InChI is InChI=1S/C11H23NS/c1-3-11(6-7-11)10-12-8-5-9-13-4-2/h12H,3-10H2,1-2H3. The second-order valence-corrected chi connectivity index (χ2v) is 5.47. The number of rotatable bonds is 8. The highest BCUT2D eigenvalue weighted by Gasteiger charge is 2.39. The summed E-state index contributed by atoms with van der Waals surface area (Å²) in [7, 11) is 0. The van der Waals surface area contributed by atoms with Crippen LogP contribution in [0.4, 0.5) is 0 Å². The van der Waals surface area contributed by atoms with Crippen LogP contribution in [0.25, 0.3) is 0 Å². The third-order valence-corrected chi connectivity index (χ3v) is 4.04. The first-order valence-corrected chi connectivity index (χ1v) is 6.77. The molecule has 13 heavy (non-hydrogen) atoms. The number of hydrogen-bond donors (Lipinski definition) is 1. The minimum Gasteiger partial charge on any atom is -0.316 e. The molecule has 0 aromatic heterocycles. The lowest BCUT2D eigenvalue weighted by molar-refractivity contribution is 0.445. The molecule has 0 amide bonds. The van der Waals surface area contributed by atoms with Gasteiger partial charge in [-0.3, -0.25) is 0 Å². The molecule has 0 aromatic carbocycles. The van der Waals surface area contributed by atoms with Crippen molar-refractivity contribution in [1.82, 2.24) is 5.32 Å². The third kappa shape index (κ3) is 4.37. The zero-order chi connectivity index (χ0) is 9.57. The molecule has 1 aliphatic rings. The van der Waals surface area contributed by atoms with E-state index in [1.165, 1.54) is 50.3 Å². The summed E-state index contributed by atoms with van der Waals surface area (Å²) in [5, 5.41) is 3.58. The van der Waals surface area contributed by atoms with E-state index in [1.54, 1.807) is 0 Å². The number of hydrogen-bond acceptors (Lipinski definition) is 2. The van der Waals surface area contributed by atoms with Crippen molar-refractivity contribution >= 4 is 11.8 Å². The third-order valence-electron chi connectivity index (χ3n) is 3.05. The lowest BCUT2D eigenvalue weighted by Gasteiger charge is -2.12. The van der Waals surface area contributed by atoms with Gasteiger partial charge in [0.05, 0.1) is 0 Å². The molecule has 0 aliphatic heterocycles. The topological polar surface area (TPSA) is 12.0 Å². The van der Waals surface area contributed by atoms with Gasteiger partial charge in [0, 0.05) is 6.54 Å².